The van der Waals surface area contributed by atoms with Gasteiger partial charge in [-0.2, -0.15) is 5.10 Å². The van der Waals surface area contributed by atoms with Crippen LogP contribution in [0.4, 0.5) is 4.39 Å². The van der Waals surface area contributed by atoms with Gasteiger partial charge in [0.2, 0.25) is 0 Å². The number of rotatable bonds is 4. The maximum atomic E-state index is 13.2. The summed E-state index contributed by atoms with van der Waals surface area (Å²) in [6.45, 7) is 1.54. The van der Waals surface area contributed by atoms with Crippen LogP contribution in [0.2, 0.25) is 0 Å². The predicted molar refractivity (Wildman–Crippen MR) is 91.2 cm³/mol. The van der Waals surface area contributed by atoms with E-state index in [0.29, 0.717) is 5.69 Å². The predicted octanol–water partition coefficient (Wildman–Crippen LogP) is 2.44. The zero-order valence-electron chi connectivity index (χ0n) is 14.1. The van der Waals surface area contributed by atoms with Gasteiger partial charge in [-0.1, -0.05) is 12.1 Å². The van der Waals surface area contributed by atoms with Gasteiger partial charge in [0.15, 0.2) is 5.69 Å². The minimum absolute atomic E-state index is 0.0464. The van der Waals surface area contributed by atoms with E-state index >= 15 is 0 Å². The molecule has 128 valence electrons. The minimum atomic E-state index is -0.291. The highest BCUT2D eigenvalue weighted by Crippen LogP contribution is 2.26. The third-order valence-corrected chi connectivity index (χ3v) is 4.51. The number of hydrogen-bond acceptors (Lipinski definition) is 3. The summed E-state index contributed by atoms with van der Waals surface area (Å²) >= 11 is 0. The number of nitrogens with zero attached hydrogens (tertiary/aromatic N) is 3. The monoisotopic (exact) mass is 330 g/mol. The van der Waals surface area contributed by atoms with Crippen LogP contribution < -0.4 is 5.32 Å². The lowest BCUT2D eigenvalue weighted by atomic mass is 10.00. The fourth-order valence-corrected chi connectivity index (χ4v) is 3.34. The van der Waals surface area contributed by atoms with Gasteiger partial charge in [0.05, 0.1) is 0 Å². The molecule has 6 heteroatoms. The first-order valence-corrected chi connectivity index (χ1v) is 8.35. The number of halogens is 1. The van der Waals surface area contributed by atoms with E-state index in [0.717, 1.165) is 43.5 Å². The Bertz CT molecular complexity index is 708. The van der Waals surface area contributed by atoms with Crippen molar-refractivity contribution in [3.63, 3.8) is 0 Å². The molecule has 1 fully saturated rings. The SMILES string of the molecule is CNC[C@@H]1CCCCN1C(=O)c1nn(C)cc1-c1ccc(F)cc1. The average molecular weight is 330 g/mol. The van der Waals surface area contributed by atoms with Crippen molar-refractivity contribution in [1.82, 2.24) is 20.0 Å². The summed E-state index contributed by atoms with van der Waals surface area (Å²) < 4.78 is 14.8. The lowest BCUT2D eigenvalue weighted by molar-refractivity contribution is 0.0609. The summed E-state index contributed by atoms with van der Waals surface area (Å²) in [5.41, 5.74) is 1.98. The molecule has 1 aromatic heterocycles. The molecule has 1 aliphatic rings. The van der Waals surface area contributed by atoms with Gasteiger partial charge in [-0.05, 0) is 44.0 Å². The summed E-state index contributed by atoms with van der Waals surface area (Å²) in [6.07, 6.45) is 4.98. The molecule has 0 aliphatic carbocycles. The molecule has 1 amide bonds. The van der Waals surface area contributed by atoms with E-state index in [1.54, 1.807) is 23.9 Å². The topological polar surface area (TPSA) is 50.2 Å². The molecule has 1 saturated heterocycles. The van der Waals surface area contributed by atoms with Gasteiger partial charge < -0.3 is 10.2 Å². The smallest absolute Gasteiger partial charge is 0.275 e. The second-order valence-corrected chi connectivity index (χ2v) is 6.28. The molecule has 0 spiro atoms. The second kappa shape index (κ2) is 7.13. The number of hydrogen-bond donors (Lipinski definition) is 1. The molecule has 2 aromatic rings. The van der Waals surface area contributed by atoms with E-state index in [9.17, 15) is 9.18 Å². The van der Waals surface area contributed by atoms with Gasteiger partial charge in [-0.3, -0.25) is 9.48 Å². The molecular formula is C18H23FN4O. The van der Waals surface area contributed by atoms with Crippen LogP contribution >= 0.6 is 0 Å². The number of aromatic nitrogens is 2. The van der Waals surface area contributed by atoms with Gasteiger partial charge >= 0.3 is 0 Å². The largest absolute Gasteiger partial charge is 0.333 e. The molecule has 0 saturated carbocycles. The molecular weight excluding hydrogens is 307 g/mol. The molecule has 0 bridgehead atoms. The fourth-order valence-electron chi connectivity index (χ4n) is 3.34. The molecule has 2 heterocycles. The number of nitrogens with one attached hydrogen (secondary N) is 1. The van der Waals surface area contributed by atoms with Crippen molar-refractivity contribution >= 4 is 5.91 Å². The van der Waals surface area contributed by atoms with E-state index in [-0.39, 0.29) is 17.8 Å². The van der Waals surface area contributed by atoms with E-state index in [1.165, 1.54) is 12.1 Å². The number of piperidine rings is 1. The standard InChI is InChI=1S/C18H23FN4O/c1-20-11-15-5-3-4-10-23(15)18(24)17-16(12-22(2)21-17)13-6-8-14(19)9-7-13/h6-9,12,15,20H,3-5,10-11H2,1-2H3/t15-/m0/s1. The van der Waals surface area contributed by atoms with Crippen molar-refractivity contribution in [3.8, 4) is 11.1 Å². The first kappa shape index (κ1) is 16.6. The molecule has 0 unspecified atom stereocenters. The van der Waals surface area contributed by atoms with Crippen LogP contribution in [0.5, 0.6) is 0 Å². The normalized spacial score (nSPS) is 18.0. The summed E-state index contributed by atoms with van der Waals surface area (Å²) in [4.78, 5) is 15.0. The van der Waals surface area contributed by atoms with Crippen LogP contribution in [0, 0.1) is 5.82 Å². The molecule has 1 N–H and O–H groups in total. The van der Waals surface area contributed by atoms with Crippen LogP contribution in [-0.2, 0) is 7.05 Å². The quantitative estimate of drug-likeness (QED) is 0.937. The zero-order chi connectivity index (χ0) is 17.1. The van der Waals surface area contributed by atoms with Gasteiger partial charge in [0, 0.05) is 37.9 Å². The lowest BCUT2D eigenvalue weighted by Gasteiger charge is -2.35. The van der Waals surface area contributed by atoms with Crippen LogP contribution in [0.3, 0.4) is 0 Å². The highest BCUT2D eigenvalue weighted by Gasteiger charge is 2.30. The van der Waals surface area contributed by atoms with Crippen LogP contribution in [0.1, 0.15) is 29.8 Å². The fraction of sp³-hybridized carbons (Fsp3) is 0.444. The highest BCUT2D eigenvalue weighted by atomic mass is 19.1. The summed E-state index contributed by atoms with van der Waals surface area (Å²) in [6, 6.07) is 6.37. The zero-order valence-corrected chi connectivity index (χ0v) is 14.1. The Morgan fingerprint density at radius 1 is 1.33 bits per heavy atom. The van der Waals surface area contributed by atoms with Crippen LogP contribution in [0.15, 0.2) is 30.5 Å². The first-order chi connectivity index (χ1) is 11.6. The molecule has 3 rings (SSSR count). The van der Waals surface area contributed by atoms with Gasteiger partial charge in [0.25, 0.3) is 5.91 Å². The van der Waals surface area contributed by atoms with Crippen molar-refractivity contribution in [3.05, 3.63) is 42.0 Å². The maximum Gasteiger partial charge on any atom is 0.275 e. The molecule has 1 aliphatic heterocycles. The Labute approximate surface area is 141 Å². The number of likely N-dealkylation sites (tertiary alicyclic amines) is 1. The van der Waals surface area contributed by atoms with Crippen molar-refractivity contribution < 1.29 is 9.18 Å². The van der Waals surface area contributed by atoms with E-state index in [4.69, 9.17) is 0 Å². The Balaban J connectivity index is 1.93. The Hall–Kier alpha value is -2.21. The summed E-state index contributed by atoms with van der Waals surface area (Å²) in [7, 11) is 3.70. The van der Waals surface area contributed by atoms with E-state index in [1.807, 2.05) is 18.1 Å². The Kier molecular flexibility index (Phi) is 4.94. The van der Waals surface area contributed by atoms with Crippen molar-refractivity contribution in [2.45, 2.75) is 25.3 Å². The number of carbonyl (C=O) groups is 1. The number of likely N-dealkylation sites (N-methyl/N-ethyl adjacent to an activating group) is 1. The number of aryl methyl sites for hydroxylation is 1. The molecule has 5 nitrogen and oxygen atoms in total. The van der Waals surface area contributed by atoms with Crippen LogP contribution in [-0.4, -0.2) is 46.8 Å². The van der Waals surface area contributed by atoms with Crippen molar-refractivity contribution in [2.75, 3.05) is 20.1 Å². The third-order valence-electron chi connectivity index (χ3n) is 4.51. The minimum Gasteiger partial charge on any atom is -0.333 e. The summed E-state index contributed by atoms with van der Waals surface area (Å²) in [5, 5.41) is 7.56. The second-order valence-electron chi connectivity index (χ2n) is 6.28. The number of carbonyl (C=O) groups excluding carboxylic acids is 1. The Morgan fingerprint density at radius 3 is 2.79 bits per heavy atom. The number of benzene rings is 1. The third kappa shape index (κ3) is 3.33. The van der Waals surface area contributed by atoms with E-state index < -0.39 is 0 Å². The molecule has 0 radical (unpaired) electrons. The molecule has 24 heavy (non-hydrogen) atoms. The summed E-state index contributed by atoms with van der Waals surface area (Å²) in [5.74, 6) is -0.337. The molecule has 1 aromatic carbocycles. The van der Waals surface area contributed by atoms with Crippen LogP contribution in [0.25, 0.3) is 11.1 Å². The number of amides is 1. The highest BCUT2D eigenvalue weighted by molar-refractivity contribution is 5.99. The Morgan fingerprint density at radius 2 is 2.08 bits per heavy atom. The van der Waals surface area contributed by atoms with Gasteiger partial charge in [-0.25, -0.2) is 4.39 Å². The van der Waals surface area contributed by atoms with Gasteiger partial charge in [-0.15, -0.1) is 0 Å². The van der Waals surface area contributed by atoms with E-state index in [2.05, 4.69) is 10.4 Å². The van der Waals surface area contributed by atoms with Crippen molar-refractivity contribution in [1.29, 1.82) is 0 Å². The maximum absolute atomic E-state index is 13.2. The first-order valence-electron chi connectivity index (χ1n) is 8.35. The van der Waals surface area contributed by atoms with Gasteiger partial charge in [0.1, 0.15) is 5.82 Å². The lowest BCUT2D eigenvalue weighted by Crippen LogP contribution is -2.48. The average Bonchev–Trinajstić information content (AvgIpc) is 2.97. The molecule has 1 atom stereocenters. The van der Waals surface area contributed by atoms with Crippen molar-refractivity contribution in [2.24, 2.45) is 7.05 Å².